The van der Waals surface area contributed by atoms with Gasteiger partial charge in [0.15, 0.2) is 5.78 Å². The highest BCUT2D eigenvalue weighted by Gasteiger charge is 2.57. The van der Waals surface area contributed by atoms with E-state index in [-0.39, 0.29) is 31.2 Å². The van der Waals surface area contributed by atoms with Gasteiger partial charge >= 0.3 is 6.18 Å². The summed E-state index contributed by atoms with van der Waals surface area (Å²) in [5.74, 6) is -0.856. The van der Waals surface area contributed by atoms with Crippen molar-refractivity contribution in [3.63, 3.8) is 0 Å². The molecule has 0 aliphatic heterocycles. The van der Waals surface area contributed by atoms with Crippen molar-refractivity contribution in [3.05, 3.63) is 166 Å². The maximum atomic E-state index is 14.5. The van der Waals surface area contributed by atoms with Crippen LogP contribution in [-0.4, -0.2) is 63.5 Å². The number of allylic oxidation sites excluding steroid dienone is 2. The number of rotatable bonds is 12. The van der Waals surface area contributed by atoms with Gasteiger partial charge in [-0.3, -0.25) is 9.69 Å². The lowest BCUT2D eigenvalue weighted by atomic mass is 9.64. The second-order valence-electron chi connectivity index (χ2n) is 17.3. The molecule has 5 atom stereocenters. The van der Waals surface area contributed by atoms with Crippen LogP contribution in [0.3, 0.4) is 0 Å². The first-order valence-corrected chi connectivity index (χ1v) is 21.1. The topological polar surface area (TPSA) is 90.2 Å². The summed E-state index contributed by atoms with van der Waals surface area (Å²) >= 11 is 0. The third-order valence-corrected chi connectivity index (χ3v) is 13.0. The average molecular weight is 820 g/mol. The Morgan fingerprint density at radius 1 is 0.917 bits per heavy atom. The summed E-state index contributed by atoms with van der Waals surface area (Å²) < 4.78 is 47.6. The summed E-state index contributed by atoms with van der Waals surface area (Å²) in [6, 6.07) is 34.2. The highest BCUT2D eigenvalue weighted by Crippen LogP contribution is 2.59. The Kier molecular flexibility index (Phi) is 13.4. The van der Waals surface area contributed by atoms with Crippen LogP contribution in [0.4, 0.5) is 13.2 Å². The lowest BCUT2D eigenvalue weighted by Crippen LogP contribution is -2.53. The number of ether oxygens (including phenoxy) is 1. The Morgan fingerprint density at radius 2 is 1.67 bits per heavy atom. The number of ketones is 1. The molecule has 5 aromatic rings. The van der Waals surface area contributed by atoms with Gasteiger partial charge in [-0.2, -0.15) is 13.2 Å². The van der Waals surface area contributed by atoms with Crippen molar-refractivity contribution >= 4 is 16.6 Å². The third-order valence-electron chi connectivity index (χ3n) is 13.0. The number of nitrogens with zero attached hydrogens (tertiary/aromatic N) is 1. The zero-order valence-electron chi connectivity index (χ0n) is 34.5. The minimum atomic E-state index is -4.62. The number of fused-ring (bicyclic) bond motifs is 9. The Bertz CT molecular complexity index is 2290. The molecular weight excluding hydrogens is 764 g/mol. The molecule has 0 heterocycles. The Balaban J connectivity index is 1.26. The van der Waals surface area contributed by atoms with Crippen LogP contribution in [0.2, 0.25) is 0 Å². The van der Waals surface area contributed by atoms with E-state index in [1.54, 1.807) is 6.07 Å². The van der Waals surface area contributed by atoms with Gasteiger partial charge in [0, 0.05) is 36.2 Å². The molecule has 316 valence electrons. The van der Waals surface area contributed by atoms with E-state index in [2.05, 4.69) is 49.1 Å². The Hall–Kier alpha value is -4.64. The van der Waals surface area contributed by atoms with Gasteiger partial charge in [-0.15, -0.1) is 0 Å². The monoisotopic (exact) mass is 819 g/mol. The quantitative estimate of drug-likeness (QED) is 0.0858. The minimum Gasteiger partial charge on any atom is -0.393 e. The Morgan fingerprint density at radius 3 is 2.47 bits per heavy atom. The predicted molar refractivity (Wildman–Crippen MR) is 230 cm³/mol. The van der Waals surface area contributed by atoms with E-state index in [4.69, 9.17) is 4.74 Å². The van der Waals surface area contributed by atoms with Crippen LogP contribution in [0.15, 0.2) is 127 Å². The largest absolute Gasteiger partial charge is 0.416 e. The van der Waals surface area contributed by atoms with Crippen LogP contribution in [-0.2, 0) is 30.5 Å². The highest BCUT2D eigenvalue weighted by molar-refractivity contribution is 6.10. The zero-order chi connectivity index (χ0) is 42.5. The number of benzene rings is 5. The molecule has 0 saturated heterocycles. The van der Waals surface area contributed by atoms with E-state index in [1.807, 2.05) is 60.7 Å². The molecule has 1 saturated carbocycles. The molecule has 60 heavy (non-hydrogen) atoms. The minimum absolute atomic E-state index is 0.0665. The van der Waals surface area contributed by atoms with Crippen molar-refractivity contribution < 1.29 is 38.0 Å². The predicted octanol–water partition coefficient (Wildman–Crippen LogP) is 10.2. The molecule has 1 fully saturated rings. The van der Waals surface area contributed by atoms with Crippen molar-refractivity contribution in [1.29, 1.82) is 0 Å². The van der Waals surface area contributed by atoms with Crippen molar-refractivity contribution in [1.82, 2.24) is 4.90 Å². The summed E-state index contributed by atoms with van der Waals surface area (Å²) in [5.41, 5.74) is 1.85. The molecular formula is C51H56F3NO5. The van der Waals surface area contributed by atoms with Crippen LogP contribution in [0, 0.1) is 5.41 Å². The van der Waals surface area contributed by atoms with E-state index in [0.717, 1.165) is 45.2 Å². The molecule has 3 aliphatic carbocycles. The lowest BCUT2D eigenvalue weighted by Gasteiger charge is -2.46. The summed E-state index contributed by atoms with van der Waals surface area (Å²) in [6.07, 6.45) is -0.312. The maximum absolute atomic E-state index is 14.5. The summed E-state index contributed by atoms with van der Waals surface area (Å²) in [7, 11) is 0. The molecule has 5 aromatic carbocycles. The molecule has 3 aliphatic rings. The first-order chi connectivity index (χ1) is 28.7. The number of hydrogen-bond donors (Lipinski definition) is 3. The zero-order valence-corrected chi connectivity index (χ0v) is 34.5. The summed E-state index contributed by atoms with van der Waals surface area (Å²) in [5, 5.41) is 38.0. The van der Waals surface area contributed by atoms with Gasteiger partial charge in [0.25, 0.3) is 0 Å². The highest BCUT2D eigenvalue weighted by atomic mass is 19.4. The normalized spacial score (nSPS) is 23.0. The fourth-order valence-electron chi connectivity index (χ4n) is 9.65. The number of hydrogen-bond acceptors (Lipinski definition) is 6. The molecule has 8 rings (SSSR count). The fraction of sp³-hybridized carbons (Fsp3) is 0.392. The maximum Gasteiger partial charge on any atom is 0.416 e. The third kappa shape index (κ3) is 9.93. The smallest absolute Gasteiger partial charge is 0.393 e. The van der Waals surface area contributed by atoms with E-state index in [0.29, 0.717) is 69.2 Å². The van der Waals surface area contributed by atoms with Gasteiger partial charge in [-0.1, -0.05) is 116 Å². The van der Waals surface area contributed by atoms with Crippen LogP contribution in [0.1, 0.15) is 102 Å². The second-order valence-corrected chi connectivity index (χ2v) is 17.3. The molecule has 0 aromatic heterocycles. The standard InChI is InChI=1S/C51H56F3NO5/c1-35-11-10-25-49(2)47(45-23-21-37(27-42(56)22-20-35)28-46(45)48(58)39-16-9-18-41(29-39)51(52,53)54)24-26-50(49,59)34-55(30-40-17-8-15-38-14-6-7-19-44(38)40)31-43(57)33-60-32-36-12-4-3-5-13-36/h3-9,11-19,21,23,28-29,42-43,47,56-57,59H,10,20,22,24-27,30-34H2,1-2H3/t42-,43+,47-,49-,50+/m0/s1. The average Bonchev–Trinajstić information content (AvgIpc) is 3.48. The van der Waals surface area contributed by atoms with E-state index >= 15 is 0 Å². The number of carbonyl (C=O) groups excluding carboxylic acids is 1. The van der Waals surface area contributed by atoms with Crippen LogP contribution >= 0.6 is 0 Å². The lowest BCUT2D eigenvalue weighted by molar-refractivity contribution is -0.137. The van der Waals surface area contributed by atoms with Gasteiger partial charge in [-0.25, -0.2) is 0 Å². The molecule has 0 unspecified atom stereocenters. The molecule has 0 amide bonds. The molecule has 2 bridgehead atoms. The first-order valence-electron chi connectivity index (χ1n) is 21.1. The van der Waals surface area contributed by atoms with Gasteiger partial charge in [0.05, 0.1) is 36.6 Å². The summed E-state index contributed by atoms with van der Waals surface area (Å²) in [6.45, 7) is 5.52. The number of halogens is 3. The number of aliphatic hydroxyl groups is 3. The fourth-order valence-corrected chi connectivity index (χ4v) is 9.65. The van der Waals surface area contributed by atoms with E-state index < -0.39 is 40.7 Å². The van der Waals surface area contributed by atoms with Crippen LogP contribution < -0.4 is 0 Å². The van der Waals surface area contributed by atoms with Gasteiger partial charge in [0.1, 0.15) is 0 Å². The van der Waals surface area contributed by atoms with E-state index in [1.165, 1.54) is 12.1 Å². The second kappa shape index (κ2) is 18.5. The van der Waals surface area contributed by atoms with E-state index in [9.17, 15) is 33.3 Å². The molecule has 6 nitrogen and oxygen atoms in total. The van der Waals surface area contributed by atoms with Gasteiger partial charge in [-0.05, 0) is 109 Å². The van der Waals surface area contributed by atoms with Gasteiger partial charge < -0.3 is 20.1 Å². The number of alkyl halides is 3. The van der Waals surface area contributed by atoms with Crippen LogP contribution in [0.25, 0.3) is 10.8 Å². The van der Waals surface area contributed by atoms with Crippen molar-refractivity contribution in [2.75, 3.05) is 19.7 Å². The van der Waals surface area contributed by atoms with Gasteiger partial charge in [0.2, 0.25) is 0 Å². The molecule has 0 radical (unpaired) electrons. The van der Waals surface area contributed by atoms with Crippen molar-refractivity contribution in [2.24, 2.45) is 5.41 Å². The molecule has 0 spiro atoms. The molecule has 9 heteroatoms. The first kappa shape index (κ1) is 43.4. The summed E-state index contributed by atoms with van der Waals surface area (Å²) in [4.78, 5) is 16.6. The van der Waals surface area contributed by atoms with Crippen molar-refractivity contribution in [3.8, 4) is 0 Å². The van der Waals surface area contributed by atoms with Crippen LogP contribution in [0.5, 0.6) is 0 Å². The number of aliphatic hydroxyl groups excluding tert-OH is 2. The Labute approximate surface area is 351 Å². The number of carbonyl (C=O) groups is 1. The molecule has 3 N–H and O–H groups in total. The SMILES string of the molecule is CC1=CCC[C@@]2(C)[C@@H](CC[C@@]2(O)CN(Cc2cccc3ccccc23)C[C@@H](O)COCc2ccccc2)c2ccc(cc2C(=O)c2cccc(C(F)(F)F)c2)C[C@@H](O)CC1. The van der Waals surface area contributed by atoms with Crippen molar-refractivity contribution in [2.45, 2.75) is 102 Å².